The lowest BCUT2D eigenvalue weighted by Gasteiger charge is -2.35. The van der Waals surface area contributed by atoms with E-state index in [0.717, 1.165) is 48.1 Å². The summed E-state index contributed by atoms with van der Waals surface area (Å²) in [5, 5.41) is 0. The Balaban J connectivity index is 1.64. The Kier molecular flexibility index (Phi) is 5.69. The molecule has 1 atom stereocenters. The Morgan fingerprint density at radius 2 is 1.80 bits per heavy atom. The predicted molar refractivity (Wildman–Crippen MR) is 127 cm³/mol. The van der Waals surface area contributed by atoms with Gasteiger partial charge in [0.05, 0.1) is 18.5 Å². The number of piperazine rings is 1. The fourth-order valence-corrected chi connectivity index (χ4v) is 9.46. The van der Waals surface area contributed by atoms with E-state index in [9.17, 15) is 8.42 Å². The van der Waals surface area contributed by atoms with E-state index in [1.165, 1.54) is 0 Å². The van der Waals surface area contributed by atoms with Crippen molar-refractivity contribution in [3.63, 3.8) is 0 Å². The molecule has 2 heterocycles. The average molecular weight is 468 g/mol. The molecule has 0 spiro atoms. The van der Waals surface area contributed by atoms with Crippen molar-refractivity contribution in [1.82, 2.24) is 4.90 Å². The molecule has 0 aliphatic carbocycles. The van der Waals surface area contributed by atoms with Crippen LogP contribution in [-0.2, 0) is 10.0 Å². The summed E-state index contributed by atoms with van der Waals surface area (Å²) in [6.45, 7) is 3.59. The third-order valence-electron chi connectivity index (χ3n) is 5.52. The summed E-state index contributed by atoms with van der Waals surface area (Å²) in [6.07, 6.45) is 3.49. The van der Waals surface area contributed by atoms with Gasteiger partial charge in [-0.15, -0.1) is 0 Å². The zero-order valence-corrected chi connectivity index (χ0v) is 19.6. The molecule has 0 saturated carbocycles. The summed E-state index contributed by atoms with van der Waals surface area (Å²) < 4.78 is 35.0. The molecule has 162 valence electrons. The van der Waals surface area contributed by atoms with Crippen molar-refractivity contribution < 1.29 is 13.2 Å². The maximum atomic E-state index is 13.3. The molecule has 0 radical (unpaired) electrons. The van der Waals surface area contributed by atoms with Crippen LogP contribution in [0.25, 0.3) is 6.08 Å². The summed E-state index contributed by atoms with van der Waals surface area (Å²) in [4.78, 5) is 5.36. The minimum absolute atomic E-state index is 0.231. The summed E-state index contributed by atoms with van der Waals surface area (Å²) in [6, 6.07) is 12.9. The number of methoxy groups -OCH3 is 1. The summed E-state index contributed by atoms with van der Waals surface area (Å²) in [7, 11) is 4.57. The van der Waals surface area contributed by atoms with Gasteiger partial charge in [0.2, 0.25) is 0 Å². The number of benzene rings is 2. The van der Waals surface area contributed by atoms with Crippen LogP contribution in [0.1, 0.15) is 5.56 Å². The number of halogens is 1. The number of hydrogen-bond acceptors (Lipinski definition) is 5. The number of sulfonamides is 1. The molecular formula is C21H26ClN3O3S2. The van der Waals surface area contributed by atoms with Crippen LogP contribution in [0.15, 0.2) is 51.6 Å². The molecule has 0 aromatic heterocycles. The van der Waals surface area contributed by atoms with Crippen LogP contribution in [0.2, 0.25) is 0 Å². The molecule has 1 saturated heterocycles. The third-order valence-corrected chi connectivity index (χ3v) is 11.7. The van der Waals surface area contributed by atoms with Gasteiger partial charge in [0, 0.05) is 31.1 Å². The van der Waals surface area contributed by atoms with Gasteiger partial charge in [-0.1, -0.05) is 38.1 Å². The zero-order chi connectivity index (χ0) is 21.5. The standard InChI is InChI=1S/C21H26ClN3O3S2/c1-24-10-12-25(13-11-24)18-15-17(8-9-19(18)28-2)23-30(26,27)21-14-16-6-4-5-7-20(16)29(21,3)22/h4-9,14-15,23H,10-13H2,1-3H3. The molecule has 2 aromatic rings. The van der Waals surface area contributed by atoms with Crippen molar-refractivity contribution in [2.75, 3.05) is 56.2 Å². The first-order chi connectivity index (χ1) is 14.2. The Hall–Kier alpha value is -1.87. The molecule has 1 fully saturated rings. The normalized spacial score (nSPS) is 24.0. The minimum atomic E-state index is -3.82. The van der Waals surface area contributed by atoms with Crippen LogP contribution >= 0.6 is 19.9 Å². The van der Waals surface area contributed by atoms with Crippen LogP contribution < -0.4 is 14.4 Å². The Morgan fingerprint density at radius 3 is 2.47 bits per heavy atom. The monoisotopic (exact) mass is 467 g/mol. The van der Waals surface area contributed by atoms with Gasteiger partial charge in [-0.25, -0.2) is 8.42 Å². The first kappa shape index (κ1) is 21.4. The van der Waals surface area contributed by atoms with Crippen LogP contribution in [0, 0.1) is 0 Å². The molecule has 1 N–H and O–H groups in total. The van der Waals surface area contributed by atoms with Crippen molar-refractivity contribution in [1.29, 1.82) is 0 Å². The number of hydrogen-bond donors (Lipinski definition) is 1. The van der Waals surface area contributed by atoms with E-state index >= 15 is 0 Å². The van der Waals surface area contributed by atoms with E-state index in [1.807, 2.05) is 30.3 Å². The topological polar surface area (TPSA) is 61.9 Å². The number of fused-ring (bicyclic) bond motifs is 1. The third kappa shape index (κ3) is 3.89. The molecule has 6 nitrogen and oxygen atoms in total. The van der Waals surface area contributed by atoms with Crippen LogP contribution in [-0.4, -0.2) is 59.9 Å². The van der Waals surface area contributed by atoms with Crippen molar-refractivity contribution in [3.8, 4) is 5.75 Å². The van der Waals surface area contributed by atoms with Crippen molar-refractivity contribution in [2.45, 2.75) is 4.90 Å². The van der Waals surface area contributed by atoms with Crippen LogP contribution in [0.5, 0.6) is 5.75 Å². The highest BCUT2D eigenvalue weighted by molar-refractivity contribution is 8.58. The lowest BCUT2D eigenvalue weighted by Crippen LogP contribution is -2.44. The quantitative estimate of drug-likeness (QED) is 0.715. The van der Waals surface area contributed by atoms with Gasteiger partial charge in [0.25, 0.3) is 10.0 Å². The van der Waals surface area contributed by atoms with Crippen molar-refractivity contribution in [2.24, 2.45) is 0 Å². The fourth-order valence-electron chi connectivity index (χ4n) is 3.83. The number of likely N-dealkylation sites (N-methyl/N-ethyl adjacent to an activating group) is 1. The van der Waals surface area contributed by atoms with E-state index in [0.29, 0.717) is 5.69 Å². The largest absolute Gasteiger partial charge is 0.495 e. The summed E-state index contributed by atoms with van der Waals surface area (Å²) in [5.74, 6) is 0.725. The van der Waals surface area contributed by atoms with E-state index in [1.54, 1.807) is 31.6 Å². The van der Waals surface area contributed by atoms with Gasteiger partial charge in [-0.05, 0) is 49.2 Å². The highest BCUT2D eigenvalue weighted by atomic mass is 35.7. The predicted octanol–water partition coefficient (Wildman–Crippen LogP) is 4.15. The molecule has 1 unspecified atom stereocenters. The van der Waals surface area contributed by atoms with E-state index in [2.05, 4.69) is 21.6 Å². The number of ether oxygens (including phenoxy) is 1. The van der Waals surface area contributed by atoms with Gasteiger partial charge in [0.1, 0.15) is 9.99 Å². The minimum Gasteiger partial charge on any atom is -0.495 e. The number of rotatable bonds is 5. The number of anilines is 2. The summed E-state index contributed by atoms with van der Waals surface area (Å²) in [5.41, 5.74) is 2.24. The molecule has 30 heavy (non-hydrogen) atoms. The molecule has 4 rings (SSSR count). The molecule has 2 aliphatic heterocycles. The molecule has 2 aromatic carbocycles. The van der Waals surface area contributed by atoms with E-state index < -0.39 is 19.3 Å². The number of nitrogens with one attached hydrogen (secondary N) is 1. The van der Waals surface area contributed by atoms with Crippen molar-refractivity contribution >= 4 is 47.4 Å². The highest BCUT2D eigenvalue weighted by Gasteiger charge is 2.38. The van der Waals surface area contributed by atoms with Crippen LogP contribution in [0.3, 0.4) is 0 Å². The van der Waals surface area contributed by atoms with Crippen LogP contribution in [0.4, 0.5) is 11.4 Å². The van der Waals surface area contributed by atoms with Crippen molar-refractivity contribution in [3.05, 3.63) is 52.3 Å². The maximum Gasteiger partial charge on any atom is 0.267 e. The zero-order valence-electron chi connectivity index (χ0n) is 17.3. The first-order valence-corrected chi connectivity index (χ1v) is 14.0. The smallest absolute Gasteiger partial charge is 0.267 e. The van der Waals surface area contributed by atoms with Gasteiger partial charge in [-0.2, -0.15) is 0 Å². The molecule has 9 heteroatoms. The van der Waals surface area contributed by atoms with E-state index in [4.69, 9.17) is 15.4 Å². The van der Waals surface area contributed by atoms with Gasteiger partial charge < -0.3 is 14.5 Å². The summed E-state index contributed by atoms with van der Waals surface area (Å²) >= 11 is 0. The lowest BCUT2D eigenvalue weighted by molar-refractivity contribution is 0.311. The molecule has 2 aliphatic rings. The van der Waals surface area contributed by atoms with E-state index in [-0.39, 0.29) is 4.24 Å². The Bertz CT molecular complexity index is 1090. The number of nitrogens with zero attached hydrogens (tertiary/aromatic N) is 2. The molecule has 0 amide bonds. The first-order valence-electron chi connectivity index (χ1n) is 9.65. The lowest BCUT2D eigenvalue weighted by atomic mass is 10.2. The Labute approximate surface area is 184 Å². The van der Waals surface area contributed by atoms with Gasteiger partial charge >= 0.3 is 0 Å². The maximum absolute atomic E-state index is 13.3. The van der Waals surface area contributed by atoms with Gasteiger partial charge in [-0.3, -0.25) is 4.72 Å². The molecular weight excluding hydrogens is 442 g/mol. The average Bonchev–Trinajstić information content (AvgIpc) is 3.00. The second-order valence-corrected chi connectivity index (χ2v) is 13.9. The van der Waals surface area contributed by atoms with Gasteiger partial charge in [0.15, 0.2) is 0 Å². The second-order valence-electron chi connectivity index (χ2n) is 7.60. The second kappa shape index (κ2) is 8.00. The fraction of sp³-hybridized carbons (Fsp3) is 0.333. The highest BCUT2D eigenvalue weighted by Crippen LogP contribution is 2.70. The SMILES string of the molecule is COc1ccc(NS(=O)(=O)C2=Cc3ccccc3S2(C)Cl)cc1N1CCN(C)CC1. The Morgan fingerprint density at radius 1 is 1.10 bits per heavy atom. The molecule has 0 bridgehead atoms.